The highest BCUT2D eigenvalue weighted by Gasteiger charge is 2.28. The van der Waals surface area contributed by atoms with Gasteiger partial charge in [-0.15, -0.1) is 11.3 Å². The molecule has 5 aromatic rings. The monoisotopic (exact) mass is 516 g/mol. The number of nitrogens with zero attached hydrogens (tertiary/aromatic N) is 2. The minimum atomic E-state index is -0.280. The zero-order valence-electron chi connectivity index (χ0n) is 20.0. The Morgan fingerprint density at radius 2 is 2.00 bits per heavy atom. The van der Waals surface area contributed by atoms with Crippen LogP contribution in [0.5, 0.6) is 0 Å². The van der Waals surface area contributed by atoms with E-state index >= 15 is 0 Å². The van der Waals surface area contributed by atoms with E-state index in [0.717, 1.165) is 39.7 Å². The van der Waals surface area contributed by atoms with Gasteiger partial charge in [-0.05, 0) is 55.2 Å². The number of amides is 2. The number of benzene rings is 2. The number of rotatable bonds is 6. The Hall–Kier alpha value is -3.98. The van der Waals surface area contributed by atoms with Crippen molar-refractivity contribution < 1.29 is 18.4 Å². The van der Waals surface area contributed by atoms with Gasteiger partial charge in [-0.2, -0.15) is 0 Å². The third-order valence-corrected chi connectivity index (χ3v) is 7.94. The normalized spacial score (nSPS) is 14.5. The zero-order chi connectivity index (χ0) is 25.4. The topological polar surface area (TPSA) is 91.2 Å². The smallest absolute Gasteiger partial charge is 0.289 e. The van der Waals surface area contributed by atoms with Crippen molar-refractivity contribution in [1.29, 1.82) is 0 Å². The van der Waals surface area contributed by atoms with Crippen LogP contribution in [0.4, 0.5) is 4.39 Å². The van der Waals surface area contributed by atoms with Crippen LogP contribution < -0.4 is 5.32 Å². The van der Waals surface area contributed by atoms with Gasteiger partial charge < -0.3 is 19.6 Å². The standard InChI is InChI=1S/C28H25FN4O3S/c29-20-5-6-22-21(14-20)19(15-31-22)7-10-30-26(34)23-16-37-27(32-23)17-8-11-33(12-9-17)28(35)25-13-18-3-1-2-4-24(18)36-25/h1-6,13-17,31H,7-12H2,(H,30,34). The number of aromatic amines is 1. The van der Waals surface area contributed by atoms with Crippen molar-refractivity contribution in [2.45, 2.75) is 25.2 Å². The molecule has 4 heterocycles. The minimum absolute atomic E-state index is 0.0909. The molecule has 0 atom stereocenters. The average Bonchev–Trinajstić information content (AvgIpc) is 3.67. The lowest BCUT2D eigenvalue weighted by Crippen LogP contribution is -2.37. The van der Waals surface area contributed by atoms with E-state index in [-0.39, 0.29) is 23.5 Å². The number of fused-ring (bicyclic) bond motifs is 2. The van der Waals surface area contributed by atoms with Gasteiger partial charge in [0.2, 0.25) is 0 Å². The Balaban J connectivity index is 1.02. The van der Waals surface area contributed by atoms with Gasteiger partial charge in [0.25, 0.3) is 11.8 Å². The highest BCUT2D eigenvalue weighted by atomic mass is 32.1. The molecule has 0 saturated carbocycles. The Labute approximate surface area is 216 Å². The first kappa shape index (κ1) is 23.4. The molecule has 1 aliphatic heterocycles. The first-order chi connectivity index (χ1) is 18.0. The second-order valence-electron chi connectivity index (χ2n) is 9.30. The van der Waals surface area contributed by atoms with Crippen molar-refractivity contribution in [3.63, 3.8) is 0 Å². The lowest BCUT2D eigenvalue weighted by Gasteiger charge is -2.30. The van der Waals surface area contributed by atoms with Crippen molar-refractivity contribution >= 4 is 45.0 Å². The van der Waals surface area contributed by atoms with Gasteiger partial charge in [0, 0.05) is 53.4 Å². The number of halogens is 1. The van der Waals surface area contributed by atoms with E-state index in [9.17, 15) is 14.0 Å². The maximum absolute atomic E-state index is 13.6. The number of piperidine rings is 1. The highest BCUT2D eigenvalue weighted by molar-refractivity contribution is 7.09. The number of thiazole rings is 1. The van der Waals surface area contributed by atoms with E-state index in [0.29, 0.717) is 43.1 Å². The number of hydrogen-bond donors (Lipinski definition) is 2. The summed E-state index contributed by atoms with van der Waals surface area (Å²) in [5.41, 5.74) is 2.95. The molecule has 0 spiro atoms. The second-order valence-corrected chi connectivity index (χ2v) is 10.2. The number of nitrogens with one attached hydrogen (secondary N) is 2. The number of aromatic nitrogens is 2. The molecule has 37 heavy (non-hydrogen) atoms. The summed E-state index contributed by atoms with van der Waals surface area (Å²) < 4.78 is 19.3. The van der Waals surface area contributed by atoms with E-state index in [4.69, 9.17) is 4.42 Å². The number of carbonyl (C=O) groups is 2. The molecule has 9 heteroatoms. The van der Waals surface area contributed by atoms with Crippen LogP contribution in [0.15, 0.2) is 64.5 Å². The predicted molar refractivity (Wildman–Crippen MR) is 141 cm³/mol. The molecule has 2 N–H and O–H groups in total. The summed E-state index contributed by atoms with van der Waals surface area (Å²) in [4.78, 5) is 35.1. The Bertz CT molecular complexity index is 1560. The molecule has 0 bridgehead atoms. The van der Waals surface area contributed by atoms with Crippen LogP contribution >= 0.6 is 11.3 Å². The van der Waals surface area contributed by atoms with Crippen molar-refractivity contribution in [1.82, 2.24) is 20.2 Å². The molecule has 1 aliphatic rings. The summed E-state index contributed by atoms with van der Waals surface area (Å²) >= 11 is 1.49. The van der Waals surface area contributed by atoms with Crippen LogP contribution in [-0.2, 0) is 6.42 Å². The average molecular weight is 517 g/mol. The number of carbonyl (C=O) groups excluding carboxylic acids is 2. The summed E-state index contributed by atoms with van der Waals surface area (Å²) in [5, 5.41) is 7.38. The van der Waals surface area contributed by atoms with Crippen molar-refractivity contribution in [3.8, 4) is 0 Å². The Kier molecular flexibility index (Phi) is 6.21. The summed E-state index contributed by atoms with van der Waals surface area (Å²) in [6.45, 7) is 1.66. The van der Waals surface area contributed by atoms with Gasteiger partial charge in [0.1, 0.15) is 17.1 Å². The van der Waals surface area contributed by atoms with Gasteiger partial charge in [-0.25, -0.2) is 9.37 Å². The molecule has 0 unspecified atom stereocenters. The number of hydrogen-bond acceptors (Lipinski definition) is 5. The summed E-state index contributed by atoms with van der Waals surface area (Å²) in [6.07, 6.45) is 4.02. The Morgan fingerprint density at radius 1 is 1.16 bits per heavy atom. The van der Waals surface area contributed by atoms with Crippen LogP contribution in [0.3, 0.4) is 0 Å². The van der Waals surface area contributed by atoms with Crippen LogP contribution in [0, 0.1) is 5.82 Å². The molecule has 188 valence electrons. The van der Waals surface area contributed by atoms with Crippen LogP contribution in [0.25, 0.3) is 21.9 Å². The molecule has 6 rings (SSSR count). The molecule has 3 aromatic heterocycles. The van der Waals surface area contributed by atoms with Crippen LogP contribution in [0.2, 0.25) is 0 Å². The number of para-hydroxylation sites is 1. The molecular formula is C28H25FN4O3S. The fourth-order valence-corrected chi connectivity index (χ4v) is 5.88. The molecule has 0 aliphatic carbocycles. The number of likely N-dealkylation sites (tertiary alicyclic amines) is 1. The molecule has 1 saturated heterocycles. The van der Waals surface area contributed by atoms with Crippen LogP contribution in [0.1, 0.15) is 50.4 Å². The van der Waals surface area contributed by atoms with Gasteiger partial charge in [-0.3, -0.25) is 9.59 Å². The lowest BCUT2D eigenvalue weighted by atomic mass is 9.97. The van der Waals surface area contributed by atoms with Gasteiger partial charge in [0.05, 0.1) is 5.01 Å². The summed E-state index contributed by atoms with van der Waals surface area (Å²) in [5.74, 6) is -0.00653. The maximum Gasteiger partial charge on any atom is 0.289 e. The van der Waals surface area contributed by atoms with E-state index in [1.165, 1.54) is 23.5 Å². The predicted octanol–water partition coefficient (Wildman–Crippen LogP) is 5.50. The molecule has 1 fully saturated rings. The summed E-state index contributed by atoms with van der Waals surface area (Å²) in [7, 11) is 0. The first-order valence-corrected chi connectivity index (χ1v) is 13.2. The second kappa shape index (κ2) is 9.82. The van der Waals surface area contributed by atoms with Gasteiger partial charge >= 0.3 is 0 Å². The van der Waals surface area contributed by atoms with E-state index in [2.05, 4.69) is 15.3 Å². The summed E-state index contributed by atoms with van der Waals surface area (Å²) in [6, 6.07) is 14.0. The van der Waals surface area contributed by atoms with Crippen molar-refractivity contribution in [2.75, 3.05) is 19.6 Å². The van der Waals surface area contributed by atoms with Crippen molar-refractivity contribution in [3.05, 3.63) is 88.0 Å². The molecule has 0 radical (unpaired) electrons. The largest absolute Gasteiger partial charge is 0.451 e. The third kappa shape index (κ3) is 4.74. The Morgan fingerprint density at radius 3 is 2.84 bits per heavy atom. The molecule has 2 amide bonds. The fraction of sp³-hybridized carbons (Fsp3) is 0.250. The van der Waals surface area contributed by atoms with Gasteiger partial charge in [-0.1, -0.05) is 18.2 Å². The minimum Gasteiger partial charge on any atom is -0.451 e. The molecular weight excluding hydrogens is 491 g/mol. The van der Waals surface area contributed by atoms with E-state index in [1.807, 2.05) is 35.4 Å². The number of H-pyrrole nitrogens is 1. The van der Waals surface area contributed by atoms with E-state index < -0.39 is 0 Å². The quantitative estimate of drug-likeness (QED) is 0.312. The maximum atomic E-state index is 13.6. The SMILES string of the molecule is O=C(NCCc1c[nH]c2ccc(F)cc12)c1csc(C2CCN(C(=O)c3cc4ccccc4o3)CC2)n1. The van der Waals surface area contributed by atoms with Crippen LogP contribution in [-0.4, -0.2) is 46.3 Å². The number of furan rings is 1. The molecule has 7 nitrogen and oxygen atoms in total. The van der Waals surface area contributed by atoms with Gasteiger partial charge in [0.15, 0.2) is 5.76 Å². The fourth-order valence-electron chi connectivity index (χ4n) is 4.91. The van der Waals surface area contributed by atoms with E-state index in [1.54, 1.807) is 17.5 Å². The lowest BCUT2D eigenvalue weighted by molar-refractivity contribution is 0.0683. The molecule has 2 aromatic carbocycles. The third-order valence-electron chi connectivity index (χ3n) is 6.93. The zero-order valence-corrected chi connectivity index (χ0v) is 20.8. The highest BCUT2D eigenvalue weighted by Crippen LogP contribution is 2.31. The first-order valence-electron chi connectivity index (χ1n) is 12.3. The van der Waals surface area contributed by atoms with Crippen molar-refractivity contribution in [2.24, 2.45) is 0 Å².